The number of carboxylic acids is 2. The summed E-state index contributed by atoms with van der Waals surface area (Å²) < 4.78 is 22.1. The van der Waals surface area contributed by atoms with Gasteiger partial charge in [0.2, 0.25) is 0 Å². The number of ether oxygens (including phenoxy) is 3. The summed E-state index contributed by atoms with van der Waals surface area (Å²) in [5.41, 5.74) is 8.43. The topological polar surface area (TPSA) is 205 Å². The van der Waals surface area contributed by atoms with Crippen molar-refractivity contribution in [1.82, 2.24) is 20.6 Å². The molecule has 14 nitrogen and oxygen atoms in total. The molecule has 6 N–H and O–H groups in total. The van der Waals surface area contributed by atoms with Gasteiger partial charge < -0.3 is 49.4 Å². The molecule has 2 atom stereocenters. The van der Waals surface area contributed by atoms with Crippen LogP contribution in [-0.4, -0.2) is 56.4 Å². The average Bonchev–Trinajstić information content (AvgIpc) is 4.13. The fourth-order valence-electron chi connectivity index (χ4n) is 7.55. The molecule has 0 aliphatic rings. The summed E-state index contributed by atoms with van der Waals surface area (Å²) in [4.78, 5) is 53.8. The Labute approximate surface area is 384 Å². The van der Waals surface area contributed by atoms with Crippen molar-refractivity contribution in [2.24, 2.45) is 0 Å². The Balaban J connectivity index is 0.000000182. The summed E-state index contributed by atoms with van der Waals surface area (Å²) in [6.45, 7) is 0.346. The molecule has 0 bridgehead atoms. The van der Waals surface area contributed by atoms with Gasteiger partial charge in [0.05, 0.1) is 0 Å². The number of aliphatic carboxylic acids is 2. The van der Waals surface area contributed by atoms with E-state index in [2.05, 4.69) is 26.7 Å². The molecule has 3 heterocycles. The number of alkyl carbamates (subject to hydrolysis) is 2. The minimum absolute atomic E-state index is 0.0203. The van der Waals surface area contributed by atoms with Crippen LogP contribution in [0.3, 0.4) is 0 Å². The van der Waals surface area contributed by atoms with Crippen LogP contribution in [0.15, 0.2) is 175 Å². The lowest BCUT2D eigenvalue weighted by Gasteiger charge is -2.15. The molecule has 6 aromatic carbocycles. The number of fused-ring (bicyclic) bond motifs is 3. The molecule has 0 fully saturated rings. The highest BCUT2D eigenvalue weighted by Crippen LogP contribution is 2.32. The largest absolute Gasteiger partial charge is 0.489 e. The number of carbonyl (C=O) groups is 4. The number of nitrogens with one attached hydrogen (secondary N) is 4. The molecule has 0 radical (unpaired) electrons. The molecule has 0 aliphatic carbocycles. The molecule has 2 amide bonds. The Hall–Kier alpha value is -8.78. The van der Waals surface area contributed by atoms with E-state index in [1.165, 1.54) is 0 Å². The van der Waals surface area contributed by atoms with Gasteiger partial charge in [-0.25, -0.2) is 19.2 Å². The summed E-state index contributed by atoms with van der Waals surface area (Å²) in [6, 6.07) is 47.2. The highest BCUT2D eigenvalue weighted by Gasteiger charge is 2.23. The molecule has 9 aromatic rings. The third-order valence-corrected chi connectivity index (χ3v) is 10.9. The van der Waals surface area contributed by atoms with E-state index in [1.54, 1.807) is 12.1 Å². The van der Waals surface area contributed by atoms with Gasteiger partial charge in [-0.3, -0.25) is 0 Å². The second-order valence-corrected chi connectivity index (χ2v) is 15.6. The Morgan fingerprint density at radius 2 is 1.13 bits per heavy atom. The Kier molecular flexibility index (Phi) is 14.2. The molecule has 338 valence electrons. The van der Waals surface area contributed by atoms with Crippen LogP contribution in [0.2, 0.25) is 0 Å². The van der Waals surface area contributed by atoms with Gasteiger partial charge in [-0.15, -0.1) is 0 Å². The lowest BCUT2D eigenvalue weighted by Crippen LogP contribution is -2.42. The van der Waals surface area contributed by atoms with Gasteiger partial charge in [-0.2, -0.15) is 0 Å². The monoisotopic (exact) mass is 898 g/mol. The zero-order valence-corrected chi connectivity index (χ0v) is 36.0. The van der Waals surface area contributed by atoms with Gasteiger partial charge in [-0.1, -0.05) is 103 Å². The van der Waals surface area contributed by atoms with E-state index in [0.29, 0.717) is 23.7 Å². The number of carbonyl (C=O) groups excluding carboxylic acids is 2. The van der Waals surface area contributed by atoms with Gasteiger partial charge in [0.1, 0.15) is 42.4 Å². The Morgan fingerprint density at radius 1 is 0.552 bits per heavy atom. The first-order chi connectivity index (χ1) is 32.6. The molecule has 14 heteroatoms. The highest BCUT2D eigenvalue weighted by atomic mass is 16.6. The predicted molar refractivity (Wildman–Crippen MR) is 252 cm³/mol. The van der Waals surface area contributed by atoms with Crippen LogP contribution >= 0.6 is 0 Å². The number of aromatic nitrogens is 2. The summed E-state index contributed by atoms with van der Waals surface area (Å²) in [7, 11) is 0. The van der Waals surface area contributed by atoms with Crippen molar-refractivity contribution in [3.05, 3.63) is 198 Å². The van der Waals surface area contributed by atoms with Gasteiger partial charge in [-0.05, 0) is 88.0 Å². The molecule has 0 spiro atoms. The number of benzene rings is 6. The minimum Gasteiger partial charge on any atom is -0.489 e. The molecule has 1 unspecified atom stereocenters. The van der Waals surface area contributed by atoms with E-state index in [1.807, 2.05) is 152 Å². The molecular weight excluding hydrogens is 853 g/mol. The molecule has 3 aromatic heterocycles. The second-order valence-electron chi connectivity index (χ2n) is 15.6. The van der Waals surface area contributed by atoms with Crippen molar-refractivity contribution in [1.29, 1.82) is 0 Å². The number of hydrogen-bond donors (Lipinski definition) is 6. The van der Waals surface area contributed by atoms with Crippen molar-refractivity contribution < 1.29 is 48.0 Å². The number of aromatic amines is 2. The number of carboxylic acid groups (broad SMARTS) is 2. The number of hydrogen-bond acceptors (Lipinski definition) is 8. The molecule has 9 rings (SSSR count). The highest BCUT2D eigenvalue weighted by molar-refractivity contribution is 5.97. The third kappa shape index (κ3) is 11.9. The molecule has 0 saturated carbocycles. The number of rotatable bonds is 16. The molecule has 67 heavy (non-hydrogen) atoms. The van der Waals surface area contributed by atoms with Gasteiger partial charge >= 0.3 is 24.1 Å². The number of furan rings is 1. The summed E-state index contributed by atoms with van der Waals surface area (Å²) in [5, 5.41) is 26.8. The van der Waals surface area contributed by atoms with Crippen LogP contribution in [0.4, 0.5) is 9.59 Å². The third-order valence-electron chi connectivity index (χ3n) is 10.9. The lowest BCUT2D eigenvalue weighted by atomic mass is 10.0. The van der Waals surface area contributed by atoms with Gasteiger partial charge in [0.25, 0.3) is 0 Å². The quantitative estimate of drug-likeness (QED) is 0.0541. The molecule has 0 aliphatic heterocycles. The summed E-state index contributed by atoms with van der Waals surface area (Å²) >= 11 is 0. The van der Waals surface area contributed by atoms with E-state index in [0.717, 1.165) is 60.6 Å². The van der Waals surface area contributed by atoms with E-state index >= 15 is 0 Å². The van der Waals surface area contributed by atoms with Crippen molar-refractivity contribution in [3.63, 3.8) is 0 Å². The fraction of sp³-hybridized carbons (Fsp3) is 0.132. The van der Waals surface area contributed by atoms with Crippen LogP contribution in [0.25, 0.3) is 43.9 Å². The average molecular weight is 899 g/mol. The number of amides is 2. The Bertz CT molecular complexity index is 3110. The van der Waals surface area contributed by atoms with E-state index < -0.39 is 36.2 Å². The first kappa shape index (κ1) is 44.8. The van der Waals surface area contributed by atoms with Crippen LogP contribution in [0.5, 0.6) is 5.75 Å². The summed E-state index contributed by atoms with van der Waals surface area (Å²) in [5.74, 6) is -1.08. The normalized spacial score (nSPS) is 11.8. The van der Waals surface area contributed by atoms with Crippen molar-refractivity contribution >= 4 is 56.9 Å². The maximum Gasteiger partial charge on any atom is 0.408 e. The van der Waals surface area contributed by atoms with Crippen molar-refractivity contribution in [3.8, 4) is 16.9 Å². The maximum absolute atomic E-state index is 12.2. The van der Waals surface area contributed by atoms with Crippen LogP contribution in [0.1, 0.15) is 28.0 Å². The van der Waals surface area contributed by atoms with E-state index in [9.17, 15) is 29.4 Å². The molecule has 0 saturated heterocycles. The first-order valence-electron chi connectivity index (χ1n) is 21.4. The van der Waals surface area contributed by atoms with Crippen LogP contribution in [-0.2, 0) is 51.7 Å². The Morgan fingerprint density at radius 3 is 1.76 bits per heavy atom. The SMILES string of the molecule is O=C(NC(Cc1ccccc1)C(=O)O)OCc1ccc(OCc2cccc3[nH]ccc23)cc1.O=C(N[C@H](Cc1ccccc1)C(=O)O)OCc1cc2cc(-c3cccc4[nH]ccc34)ccc2o1. The smallest absolute Gasteiger partial charge is 0.408 e. The minimum atomic E-state index is -1.13. The zero-order chi connectivity index (χ0) is 46.5. The molecular formula is C53H46N4O10. The van der Waals surface area contributed by atoms with Gasteiger partial charge in [0, 0.05) is 52.4 Å². The number of H-pyrrole nitrogens is 2. The van der Waals surface area contributed by atoms with E-state index in [4.69, 9.17) is 18.6 Å². The lowest BCUT2D eigenvalue weighted by molar-refractivity contribution is -0.140. The second kappa shape index (κ2) is 21.3. The zero-order valence-electron chi connectivity index (χ0n) is 36.0. The standard InChI is InChI=1S/C27H22N2O5.C26H24N2O5/c30-26(31)24(13-17-5-2-1-3-6-17)29-27(32)33-16-20-15-19-14-18(9-10-25(19)34-20)21-7-4-8-23-22(21)11-12-28-23;29-25(30)24(15-18-5-2-1-3-6-18)28-26(31)33-16-19-9-11-21(12-10-19)32-17-20-7-4-8-23-22(20)13-14-27-23/h1-12,14-15,24,28H,13,16H2,(H,29,32)(H,30,31);1-14,24,27H,15-17H2,(H,28,31)(H,29,30)/t24-;/m1./s1. The van der Waals surface area contributed by atoms with Gasteiger partial charge in [0.15, 0.2) is 6.61 Å². The van der Waals surface area contributed by atoms with E-state index in [-0.39, 0.29) is 26.1 Å². The van der Waals surface area contributed by atoms with Crippen molar-refractivity contribution in [2.75, 3.05) is 0 Å². The van der Waals surface area contributed by atoms with Crippen LogP contribution in [0, 0.1) is 0 Å². The maximum atomic E-state index is 12.2. The summed E-state index contributed by atoms with van der Waals surface area (Å²) in [6.07, 6.45) is 2.56. The fourth-order valence-corrected chi connectivity index (χ4v) is 7.55. The van der Waals surface area contributed by atoms with Crippen LogP contribution < -0.4 is 15.4 Å². The first-order valence-corrected chi connectivity index (χ1v) is 21.4. The predicted octanol–water partition coefficient (Wildman–Crippen LogP) is 10.2. The van der Waals surface area contributed by atoms with Crippen molar-refractivity contribution in [2.45, 2.75) is 44.7 Å².